The zero-order valence-electron chi connectivity index (χ0n) is 8.84. The minimum atomic E-state index is 0.422. The molecule has 0 radical (unpaired) electrons. The van der Waals surface area contributed by atoms with E-state index < -0.39 is 0 Å². The van der Waals surface area contributed by atoms with Gasteiger partial charge < -0.3 is 10.5 Å². The number of hydrogen-bond donors (Lipinski definition) is 1. The maximum absolute atomic E-state index is 5.63. The van der Waals surface area contributed by atoms with Crippen molar-refractivity contribution in [1.82, 2.24) is 9.97 Å². The summed E-state index contributed by atoms with van der Waals surface area (Å²) in [4.78, 5) is 8.17. The summed E-state index contributed by atoms with van der Waals surface area (Å²) < 4.78 is 5.63. The van der Waals surface area contributed by atoms with Crippen LogP contribution in [0.2, 0.25) is 0 Å². The van der Waals surface area contributed by atoms with Gasteiger partial charge in [0, 0.05) is 30.7 Å². The minimum Gasteiger partial charge on any atom is -0.487 e. The van der Waals surface area contributed by atoms with Crippen molar-refractivity contribution in [1.29, 1.82) is 0 Å². The van der Waals surface area contributed by atoms with E-state index in [-0.39, 0.29) is 0 Å². The molecule has 0 fully saturated rings. The number of pyridine rings is 2. The van der Waals surface area contributed by atoms with Crippen LogP contribution in [0.1, 0.15) is 11.3 Å². The second-order valence-electron chi connectivity index (χ2n) is 3.30. The second-order valence-corrected chi connectivity index (χ2v) is 3.30. The number of hydrogen-bond acceptors (Lipinski definition) is 4. The maximum Gasteiger partial charge on any atom is 0.130 e. The summed E-state index contributed by atoms with van der Waals surface area (Å²) in [5.41, 5.74) is 7.38. The predicted molar refractivity (Wildman–Crippen MR) is 60.7 cm³/mol. The van der Waals surface area contributed by atoms with Gasteiger partial charge in [0.2, 0.25) is 0 Å². The molecule has 0 amide bonds. The summed E-state index contributed by atoms with van der Waals surface area (Å²) in [6.45, 7) is 0.864. The Morgan fingerprint density at radius 2 is 2.12 bits per heavy atom. The van der Waals surface area contributed by atoms with E-state index >= 15 is 0 Å². The highest BCUT2D eigenvalue weighted by atomic mass is 16.5. The lowest BCUT2D eigenvalue weighted by Crippen LogP contribution is -2.03. The highest BCUT2D eigenvalue weighted by Crippen LogP contribution is 2.16. The van der Waals surface area contributed by atoms with Crippen LogP contribution in [-0.2, 0) is 13.2 Å². The molecule has 82 valence electrons. The molecule has 0 aliphatic rings. The second kappa shape index (κ2) is 5.23. The molecule has 2 aromatic heterocycles. The number of rotatable bonds is 4. The molecule has 2 N–H and O–H groups in total. The Balaban J connectivity index is 2.05. The quantitative estimate of drug-likeness (QED) is 0.839. The van der Waals surface area contributed by atoms with Gasteiger partial charge in [-0.2, -0.15) is 0 Å². The lowest BCUT2D eigenvalue weighted by molar-refractivity contribution is 0.298. The third-order valence-corrected chi connectivity index (χ3v) is 2.18. The van der Waals surface area contributed by atoms with Crippen LogP contribution in [0.25, 0.3) is 0 Å². The first-order valence-corrected chi connectivity index (χ1v) is 5.06. The van der Waals surface area contributed by atoms with Crippen molar-refractivity contribution in [3.8, 4) is 5.75 Å². The molecule has 4 heteroatoms. The van der Waals surface area contributed by atoms with E-state index in [9.17, 15) is 0 Å². The molecule has 0 bridgehead atoms. The Labute approximate surface area is 94.1 Å². The van der Waals surface area contributed by atoms with Crippen LogP contribution in [0, 0.1) is 0 Å². The summed E-state index contributed by atoms with van der Waals surface area (Å²) in [5.74, 6) is 0.767. The summed E-state index contributed by atoms with van der Waals surface area (Å²) in [6, 6.07) is 7.54. The normalized spacial score (nSPS) is 10.1. The molecule has 0 saturated carbocycles. The molecule has 0 saturated heterocycles. The van der Waals surface area contributed by atoms with Gasteiger partial charge in [0.05, 0.1) is 5.69 Å². The summed E-state index contributed by atoms with van der Waals surface area (Å²) in [5, 5.41) is 0. The number of aromatic nitrogens is 2. The van der Waals surface area contributed by atoms with Crippen LogP contribution in [-0.4, -0.2) is 9.97 Å². The van der Waals surface area contributed by atoms with Gasteiger partial charge in [0.1, 0.15) is 12.4 Å². The summed E-state index contributed by atoms with van der Waals surface area (Å²) in [6.07, 6.45) is 5.15. The van der Waals surface area contributed by atoms with Crippen molar-refractivity contribution in [2.75, 3.05) is 0 Å². The van der Waals surface area contributed by atoms with E-state index in [0.29, 0.717) is 13.2 Å². The molecular formula is C12H13N3O. The van der Waals surface area contributed by atoms with Gasteiger partial charge in [0.15, 0.2) is 0 Å². The maximum atomic E-state index is 5.63. The molecule has 0 aromatic carbocycles. The SMILES string of the molecule is NCc1cnccc1OCc1ccccn1. The Kier molecular flexibility index (Phi) is 3.46. The fourth-order valence-corrected chi connectivity index (χ4v) is 1.34. The van der Waals surface area contributed by atoms with Gasteiger partial charge in [-0.15, -0.1) is 0 Å². The molecule has 0 unspecified atom stereocenters. The average Bonchev–Trinajstić information content (AvgIpc) is 2.38. The van der Waals surface area contributed by atoms with Crippen molar-refractivity contribution in [2.24, 2.45) is 5.73 Å². The third-order valence-electron chi connectivity index (χ3n) is 2.18. The smallest absolute Gasteiger partial charge is 0.130 e. The number of nitrogens with zero attached hydrogens (tertiary/aromatic N) is 2. The first kappa shape index (κ1) is 10.6. The van der Waals surface area contributed by atoms with E-state index in [1.165, 1.54) is 0 Å². The topological polar surface area (TPSA) is 61.0 Å². The molecule has 0 spiro atoms. The zero-order chi connectivity index (χ0) is 11.2. The highest BCUT2D eigenvalue weighted by Gasteiger charge is 2.02. The van der Waals surface area contributed by atoms with Crippen molar-refractivity contribution < 1.29 is 4.74 Å². The Morgan fingerprint density at radius 1 is 1.19 bits per heavy atom. The molecule has 4 nitrogen and oxygen atoms in total. The summed E-state index contributed by atoms with van der Waals surface area (Å²) >= 11 is 0. The van der Waals surface area contributed by atoms with Crippen LogP contribution >= 0.6 is 0 Å². The molecule has 0 atom stereocenters. The van der Waals surface area contributed by atoms with Crippen LogP contribution in [0.15, 0.2) is 42.9 Å². The van der Waals surface area contributed by atoms with Crippen molar-refractivity contribution in [3.63, 3.8) is 0 Å². The molecule has 16 heavy (non-hydrogen) atoms. The molecular weight excluding hydrogens is 202 g/mol. The lowest BCUT2D eigenvalue weighted by Gasteiger charge is -2.08. The van der Waals surface area contributed by atoms with E-state index in [4.69, 9.17) is 10.5 Å². The Hall–Kier alpha value is -1.94. The fourth-order valence-electron chi connectivity index (χ4n) is 1.34. The van der Waals surface area contributed by atoms with E-state index in [1.54, 1.807) is 18.6 Å². The number of nitrogens with two attached hydrogens (primary N) is 1. The monoisotopic (exact) mass is 215 g/mol. The largest absolute Gasteiger partial charge is 0.487 e. The lowest BCUT2D eigenvalue weighted by atomic mass is 10.2. The van der Waals surface area contributed by atoms with Crippen LogP contribution < -0.4 is 10.5 Å². The van der Waals surface area contributed by atoms with E-state index in [0.717, 1.165) is 17.0 Å². The van der Waals surface area contributed by atoms with Crippen molar-refractivity contribution >= 4 is 0 Å². The first-order valence-electron chi connectivity index (χ1n) is 5.06. The fraction of sp³-hybridized carbons (Fsp3) is 0.167. The zero-order valence-corrected chi connectivity index (χ0v) is 8.84. The average molecular weight is 215 g/mol. The van der Waals surface area contributed by atoms with Crippen LogP contribution in [0.3, 0.4) is 0 Å². The predicted octanol–water partition coefficient (Wildman–Crippen LogP) is 1.51. The van der Waals surface area contributed by atoms with Crippen LogP contribution in [0.5, 0.6) is 5.75 Å². The standard InChI is InChI=1S/C12H13N3O/c13-7-10-8-14-6-4-12(10)16-9-11-3-1-2-5-15-11/h1-6,8H,7,9,13H2. The van der Waals surface area contributed by atoms with Gasteiger partial charge >= 0.3 is 0 Å². The van der Waals surface area contributed by atoms with Crippen LogP contribution in [0.4, 0.5) is 0 Å². The Bertz CT molecular complexity index is 445. The molecule has 2 rings (SSSR count). The number of ether oxygens (including phenoxy) is 1. The molecule has 0 aliphatic carbocycles. The molecule has 0 aliphatic heterocycles. The van der Waals surface area contributed by atoms with Crippen molar-refractivity contribution in [3.05, 3.63) is 54.1 Å². The van der Waals surface area contributed by atoms with Crippen molar-refractivity contribution in [2.45, 2.75) is 13.2 Å². The van der Waals surface area contributed by atoms with Gasteiger partial charge in [-0.3, -0.25) is 9.97 Å². The molecule has 2 heterocycles. The first-order chi connectivity index (χ1) is 7.90. The van der Waals surface area contributed by atoms with Gasteiger partial charge in [-0.05, 0) is 18.2 Å². The summed E-state index contributed by atoms with van der Waals surface area (Å²) in [7, 11) is 0. The van der Waals surface area contributed by atoms with Gasteiger partial charge in [0.25, 0.3) is 0 Å². The van der Waals surface area contributed by atoms with E-state index in [1.807, 2.05) is 24.3 Å². The Morgan fingerprint density at radius 3 is 2.88 bits per heavy atom. The third kappa shape index (κ3) is 2.55. The molecule has 2 aromatic rings. The highest BCUT2D eigenvalue weighted by molar-refractivity contribution is 5.29. The van der Waals surface area contributed by atoms with Gasteiger partial charge in [-0.1, -0.05) is 6.07 Å². The minimum absolute atomic E-state index is 0.422. The van der Waals surface area contributed by atoms with E-state index in [2.05, 4.69) is 9.97 Å². The van der Waals surface area contributed by atoms with Gasteiger partial charge in [-0.25, -0.2) is 0 Å².